The third-order valence-electron chi connectivity index (χ3n) is 6.86. The van der Waals surface area contributed by atoms with Crippen LogP contribution < -0.4 is 5.73 Å². The van der Waals surface area contributed by atoms with Gasteiger partial charge in [0.2, 0.25) is 0 Å². The minimum Gasteiger partial charge on any atom is -0.394 e. The van der Waals surface area contributed by atoms with Crippen LogP contribution in [0.5, 0.6) is 0 Å². The van der Waals surface area contributed by atoms with Gasteiger partial charge in [0.05, 0.1) is 18.8 Å². The van der Waals surface area contributed by atoms with Gasteiger partial charge in [-0.05, 0) is 12.8 Å². The van der Waals surface area contributed by atoms with E-state index in [2.05, 4.69) is 11.1 Å². The monoisotopic (exact) mass is 593 g/mol. The van der Waals surface area contributed by atoms with Crippen LogP contribution in [0, 0.1) is 0 Å². The molecule has 8 atom stereocenters. The van der Waals surface area contributed by atoms with Crippen molar-refractivity contribution in [3.8, 4) is 0 Å². The quantitative estimate of drug-likeness (QED) is 0.0561. The van der Waals surface area contributed by atoms with Crippen molar-refractivity contribution in [2.75, 3.05) is 6.61 Å². The van der Waals surface area contributed by atoms with E-state index in [0.29, 0.717) is 6.42 Å². The Morgan fingerprint density at radius 2 is 1.46 bits per heavy atom. The van der Waals surface area contributed by atoms with E-state index in [1.807, 2.05) is 0 Å². The summed E-state index contributed by atoms with van der Waals surface area (Å²) in [6, 6.07) is -1.44. The van der Waals surface area contributed by atoms with E-state index in [1.54, 1.807) is 6.08 Å². The van der Waals surface area contributed by atoms with Crippen molar-refractivity contribution in [2.24, 2.45) is 5.73 Å². The molecule has 1 saturated heterocycles. The van der Waals surface area contributed by atoms with Crippen molar-refractivity contribution in [1.29, 1.82) is 0 Å². The summed E-state index contributed by atoms with van der Waals surface area (Å²) >= 11 is 0. The average Bonchev–Trinajstić information content (AvgIpc) is 2.88. The predicted octanol–water partition coefficient (Wildman–Crippen LogP) is 2.01. The van der Waals surface area contributed by atoms with E-state index >= 15 is 0 Å². The molecule has 7 N–H and O–H groups in total. The number of allylic oxidation sites excluding steroid dienone is 1. The van der Waals surface area contributed by atoms with Gasteiger partial charge >= 0.3 is 15.6 Å². The van der Waals surface area contributed by atoms with Gasteiger partial charge < -0.3 is 36.0 Å². The van der Waals surface area contributed by atoms with Gasteiger partial charge in [0.1, 0.15) is 36.6 Å². The lowest BCUT2D eigenvalue weighted by Gasteiger charge is -2.44. The molecule has 1 rings (SSSR count). The summed E-state index contributed by atoms with van der Waals surface area (Å²) in [5, 5.41) is 50.8. The van der Waals surface area contributed by atoms with E-state index in [0.717, 1.165) is 19.3 Å². The largest absolute Gasteiger partial charge is 0.523 e. The highest BCUT2D eigenvalue weighted by Gasteiger charge is 2.55. The Morgan fingerprint density at radius 3 is 1.95 bits per heavy atom. The summed E-state index contributed by atoms with van der Waals surface area (Å²) in [4.78, 5) is 0. The highest BCUT2D eigenvalue weighted by molar-refractivity contribution is 7.87. The Balaban J connectivity index is 2.49. The van der Waals surface area contributed by atoms with Gasteiger partial charge in [-0.15, -0.1) is 0 Å². The Labute approximate surface area is 229 Å². The Kier molecular flexibility index (Phi) is 16.6. The van der Waals surface area contributed by atoms with Crippen LogP contribution >= 0.6 is 0 Å². The van der Waals surface area contributed by atoms with Gasteiger partial charge in [0.25, 0.3) is 0 Å². The van der Waals surface area contributed by atoms with Crippen LogP contribution in [0.4, 0.5) is 13.2 Å². The third kappa shape index (κ3) is 11.9. The first-order chi connectivity index (χ1) is 18.3. The van der Waals surface area contributed by atoms with E-state index < -0.39 is 71.0 Å². The Morgan fingerprint density at radius 1 is 0.949 bits per heavy atom. The number of halogens is 3. The summed E-state index contributed by atoms with van der Waals surface area (Å²) < 4.78 is 69.8. The number of hydrogen-bond donors (Lipinski definition) is 6. The summed E-state index contributed by atoms with van der Waals surface area (Å²) in [7, 11) is -6.19. The zero-order valence-corrected chi connectivity index (χ0v) is 23.3. The average molecular weight is 594 g/mol. The molecule has 0 bridgehead atoms. The highest BCUT2D eigenvalue weighted by atomic mass is 32.2. The second-order valence-corrected chi connectivity index (χ2v) is 11.6. The topological polar surface area (TPSA) is 180 Å². The number of alkyl halides is 3. The maximum atomic E-state index is 12.7. The second-order valence-electron chi connectivity index (χ2n) is 10.1. The molecule has 0 aromatic carbocycles. The number of unbranched alkanes of at least 4 members (excludes halogenated alkanes) is 11. The molecular weight excluding hydrogens is 547 g/mol. The van der Waals surface area contributed by atoms with Crippen molar-refractivity contribution in [1.82, 2.24) is 0 Å². The number of rotatable bonds is 19. The first-order valence-corrected chi connectivity index (χ1v) is 15.1. The lowest BCUT2D eigenvalue weighted by Crippen LogP contribution is -2.65. The molecular formula is C25H46F3NO9S. The number of aliphatic hydroxyl groups is 5. The van der Waals surface area contributed by atoms with Crippen molar-refractivity contribution < 1.29 is 56.0 Å². The second kappa shape index (κ2) is 17.9. The van der Waals surface area contributed by atoms with Crippen molar-refractivity contribution in [3.63, 3.8) is 0 Å². The Hall–Kier alpha value is -0.840. The number of ether oxygens (including phenoxy) is 1. The van der Waals surface area contributed by atoms with Crippen molar-refractivity contribution >= 4 is 10.1 Å². The highest BCUT2D eigenvalue weighted by Crippen LogP contribution is 2.32. The summed E-state index contributed by atoms with van der Waals surface area (Å²) in [6.45, 7) is 1.09. The first-order valence-electron chi connectivity index (χ1n) is 13.7. The van der Waals surface area contributed by atoms with E-state index in [9.17, 15) is 47.1 Å². The molecule has 1 aliphatic heterocycles. The molecule has 1 fully saturated rings. The maximum Gasteiger partial charge on any atom is 0.523 e. The molecule has 0 amide bonds. The third-order valence-corrected chi connectivity index (χ3v) is 7.90. The molecule has 0 radical (unpaired) electrons. The van der Waals surface area contributed by atoms with E-state index in [-0.39, 0.29) is 0 Å². The van der Waals surface area contributed by atoms with Crippen LogP contribution in [0.3, 0.4) is 0 Å². The molecule has 232 valence electrons. The summed E-state index contributed by atoms with van der Waals surface area (Å²) in [5.74, 6) is 0. The van der Waals surface area contributed by atoms with Gasteiger partial charge in [-0.25, -0.2) is 0 Å². The predicted molar refractivity (Wildman–Crippen MR) is 138 cm³/mol. The smallest absolute Gasteiger partial charge is 0.394 e. The minimum atomic E-state index is -6.19. The van der Waals surface area contributed by atoms with Gasteiger partial charge in [-0.3, -0.25) is 4.18 Å². The molecule has 2 unspecified atom stereocenters. The zero-order chi connectivity index (χ0) is 29.6. The Bertz CT molecular complexity index is 798. The molecule has 39 heavy (non-hydrogen) atoms. The summed E-state index contributed by atoms with van der Waals surface area (Å²) in [6.07, 6.45) is 3.23. The summed E-state index contributed by atoms with van der Waals surface area (Å²) in [5.41, 5.74) is 0.0454. The zero-order valence-electron chi connectivity index (χ0n) is 22.5. The SMILES string of the molecule is CCCCCCCCCCCCC/C=C/[C@@H](O)[C@@H](N)C(O)C1O[C@H](CO)[C@H](OS(=O)(=O)C(F)(F)F)[C@H](O)[C@H]1O. The fraction of sp³-hybridized carbons (Fsp3) is 0.920. The lowest BCUT2D eigenvalue weighted by atomic mass is 9.88. The number of hydrogen-bond acceptors (Lipinski definition) is 10. The van der Waals surface area contributed by atoms with E-state index in [4.69, 9.17) is 10.5 Å². The lowest BCUT2D eigenvalue weighted by molar-refractivity contribution is -0.247. The molecule has 1 heterocycles. The van der Waals surface area contributed by atoms with Gasteiger partial charge in [-0.2, -0.15) is 21.6 Å². The first kappa shape index (κ1) is 36.2. The fourth-order valence-corrected chi connectivity index (χ4v) is 5.07. The normalized spacial score (nSPS) is 27.1. The molecule has 0 saturated carbocycles. The van der Waals surface area contributed by atoms with Crippen molar-refractivity contribution in [2.45, 2.75) is 138 Å². The van der Waals surface area contributed by atoms with Gasteiger partial charge in [0.15, 0.2) is 0 Å². The van der Waals surface area contributed by atoms with Crippen LogP contribution in [0.15, 0.2) is 12.2 Å². The molecule has 0 aromatic rings. The maximum absolute atomic E-state index is 12.7. The standard InChI is InChI=1S/C25H46F3NO9S/c1-2-3-4-5-6-7-8-9-10-11-12-13-14-15-17(31)19(29)20(32)24-22(34)21(33)23(18(16-30)37-24)38-39(35,36)25(26,27)28/h14-15,17-24,30-34H,2-13,16,29H2,1H3/b15-14+/t17-,18-,19-,20?,21-,22-,23+,24?/m1/s1. The van der Waals surface area contributed by atoms with Crippen molar-refractivity contribution in [3.05, 3.63) is 12.2 Å². The molecule has 10 nitrogen and oxygen atoms in total. The van der Waals surface area contributed by atoms with Crippen LogP contribution in [-0.2, 0) is 19.0 Å². The van der Waals surface area contributed by atoms with Gasteiger partial charge in [-0.1, -0.05) is 83.3 Å². The van der Waals surface area contributed by atoms with Crippen LogP contribution in [0.2, 0.25) is 0 Å². The molecule has 0 aromatic heterocycles. The fourth-order valence-electron chi connectivity index (χ4n) is 4.43. The molecule has 0 aliphatic carbocycles. The number of nitrogens with two attached hydrogens (primary N) is 1. The van der Waals surface area contributed by atoms with Gasteiger partial charge in [0, 0.05) is 0 Å². The molecule has 0 spiro atoms. The molecule has 14 heteroatoms. The number of aliphatic hydroxyl groups excluding tert-OH is 5. The minimum absolute atomic E-state index is 0.664. The van der Waals surface area contributed by atoms with E-state index in [1.165, 1.54) is 57.4 Å². The van der Waals surface area contributed by atoms with Crippen LogP contribution in [-0.4, -0.2) is 94.8 Å². The van der Waals surface area contributed by atoms with Crippen LogP contribution in [0.25, 0.3) is 0 Å². The molecule has 1 aliphatic rings. The van der Waals surface area contributed by atoms with Crippen LogP contribution in [0.1, 0.15) is 84.0 Å².